The molecule has 1 aromatic rings. The Hall–Kier alpha value is -1.36. The quantitative estimate of drug-likeness (QED) is 0.809. The Morgan fingerprint density at radius 1 is 1.61 bits per heavy atom. The first-order valence-corrected chi connectivity index (χ1v) is 6.53. The Morgan fingerprint density at radius 2 is 2.33 bits per heavy atom. The zero-order valence-corrected chi connectivity index (χ0v) is 11.1. The van der Waals surface area contributed by atoms with Crippen molar-refractivity contribution in [1.29, 1.82) is 0 Å². The van der Waals surface area contributed by atoms with Crippen molar-refractivity contribution in [2.24, 2.45) is 12.5 Å². The van der Waals surface area contributed by atoms with Crippen LogP contribution in [-0.4, -0.2) is 27.4 Å². The van der Waals surface area contributed by atoms with Crippen LogP contribution >= 0.6 is 0 Å². The number of aromatic nitrogens is 2. The maximum atomic E-state index is 11.0. The summed E-state index contributed by atoms with van der Waals surface area (Å²) in [5.74, 6) is -0.909. The molecule has 0 aliphatic heterocycles. The molecule has 2 N–H and O–H groups in total. The molecule has 18 heavy (non-hydrogen) atoms. The van der Waals surface area contributed by atoms with Gasteiger partial charge in [-0.05, 0) is 24.7 Å². The van der Waals surface area contributed by atoms with Gasteiger partial charge in [0.1, 0.15) is 5.56 Å². The lowest BCUT2D eigenvalue weighted by molar-refractivity contribution is 0.0695. The second kappa shape index (κ2) is 5.10. The normalized spacial score (nSPS) is 17.4. The molecule has 0 saturated heterocycles. The van der Waals surface area contributed by atoms with Gasteiger partial charge in [0.05, 0.1) is 11.9 Å². The topological polar surface area (TPSA) is 67.2 Å². The average Bonchev–Trinajstić information content (AvgIpc) is 2.64. The fraction of sp³-hybridized carbons (Fsp3) is 0.692. The third kappa shape index (κ3) is 2.41. The molecule has 1 aliphatic carbocycles. The van der Waals surface area contributed by atoms with E-state index in [0.29, 0.717) is 17.5 Å². The van der Waals surface area contributed by atoms with E-state index in [1.165, 1.54) is 31.9 Å². The van der Waals surface area contributed by atoms with Crippen molar-refractivity contribution < 1.29 is 9.90 Å². The summed E-state index contributed by atoms with van der Waals surface area (Å²) in [5, 5.41) is 16.5. The number of hydrogen-bond acceptors (Lipinski definition) is 3. The largest absolute Gasteiger partial charge is 0.478 e. The molecule has 0 spiro atoms. The van der Waals surface area contributed by atoms with Gasteiger partial charge in [-0.1, -0.05) is 13.3 Å². The van der Waals surface area contributed by atoms with Crippen LogP contribution in [0, 0.1) is 5.41 Å². The minimum Gasteiger partial charge on any atom is -0.478 e. The van der Waals surface area contributed by atoms with Crippen molar-refractivity contribution in [2.45, 2.75) is 39.2 Å². The number of carboxylic acids is 1. The fourth-order valence-electron chi connectivity index (χ4n) is 2.63. The summed E-state index contributed by atoms with van der Waals surface area (Å²) in [6.45, 7) is 3.77. The third-order valence-corrected chi connectivity index (χ3v) is 4.25. The maximum Gasteiger partial charge on any atom is 0.339 e. The molecule has 0 atom stereocenters. The molecule has 0 bridgehead atoms. The molecular formula is C13H21N3O2. The van der Waals surface area contributed by atoms with Crippen LogP contribution < -0.4 is 5.32 Å². The molecule has 1 aromatic heterocycles. The van der Waals surface area contributed by atoms with E-state index < -0.39 is 5.97 Å². The number of rotatable bonds is 6. The van der Waals surface area contributed by atoms with E-state index in [2.05, 4.69) is 17.3 Å². The van der Waals surface area contributed by atoms with Crippen molar-refractivity contribution in [3.8, 4) is 0 Å². The van der Waals surface area contributed by atoms with Crippen molar-refractivity contribution >= 4 is 5.97 Å². The second-order valence-electron chi connectivity index (χ2n) is 5.24. The molecular weight excluding hydrogens is 230 g/mol. The van der Waals surface area contributed by atoms with Crippen LogP contribution in [0.3, 0.4) is 0 Å². The lowest BCUT2D eigenvalue weighted by Gasteiger charge is -2.41. The van der Waals surface area contributed by atoms with Gasteiger partial charge in [0, 0.05) is 20.1 Å². The molecule has 1 heterocycles. The second-order valence-corrected chi connectivity index (χ2v) is 5.24. The van der Waals surface area contributed by atoms with E-state index in [-0.39, 0.29) is 0 Å². The van der Waals surface area contributed by atoms with E-state index in [9.17, 15) is 4.79 Å². The first-order chi connectivity index (χ1) is 8.58. The lowest BCUT2D eigenvalue weighted by Crippen LogP contribution is -2.39. The van der Waals surface area contributed by atoms with E-state index in [1.807, 2.05) is 0 Å². The highest BCUT2D eigenvalue weighted by Gasteiger charge is 2.34. The van der Waals surface area contributed by atoms with Crippen molar-refractivity contribution in [1.82, 2.24) is 15.1 Å². The Kier molecular flexibility index (Phi) is 3.71. The molecule has 0 amide bonds. The zero-order valence-electron chi connectivity index (χ0n) is 11.1. The summed E-state index contributed by atoms with van der Waals surface area (Å²) in [5.41, 5.74) is 1.49. The van der Waals surface area contributed by atoms with Crippen LogP contribution in [0.4, 0.5) is 0 Å². The summed E-state index contributed by atoms with van der Waals surface area (Å²) in [7, 11) is 1.78. The van der Waals surface area contributed by atoms with Gasteiger partial charge in [-0.3, -0.25) is 4.68 Å². The maximum absolute atomic E-state index is 11.0. The Labute approximate surface area is 107 Å². The molecule has 1 aliphatic rings. The van der Waals surface area contributed by atoms with E-state index >= 15 is 0 Å². The van der Waals surface area contributed by atoms with E-state index in [1.54, 1.807) is 11.7 Å². The van der Waals surface area contributed by atoms with Crippen LogP contribution in [0.2, 0.25) is 0 Å². The molecule has 1 saturated carbocycles. The number of nitrogens with zero attached hydrogens (tertiary/aromatic N) is 2. The van der Waals surface area contributed by atoms with Gasteiger partial charge in [0.25, 0.3) is 0 Å². The number of hydrogen-bond donors (Lipinski definition) is 2. The van der Waals surface area contributed by atoms with E-state index in [0.717, 1.165) is 12.2 Å². The first kappa shape index (κ1) is 13.1. The van der Waals surface area contributed by atoms with Gasteiger partial charge in [-0.15, -0.1) is 0 Å². The third-order valence-electron chi connectivity index (χ3n) is 4.25. The lowest BCUT2D eigenvalue weighted by atomic mass is 9.67. The minimum absolute atomic E-state index is 0.296. The van der Waals surface area contributed by atoms with Crippen LogP contribution in [0.1, 0.15) is 48.7 Å². The van der Waals surface area contributed by atoms with Crippen LogP contribution in [0.15, 0.2) is 6.20 Å². The summed E-state index contributed by atoms with van der Waals surface area (Å²) >= 11 is 0. The monoisotopic (exact) mass is 251 g/mol. The van der Waals surface area contributed by atoms with Gasteiger partial charge in [0.2, 0.25) is 0 Å². The number of carbonyl (C=O) groups is 1. The molecule has 0 aromatic carbocycles. The highest BCUT2D eigenvalue weighted by atomic mass is 16.4. The number of aromatic carboxylic acids is 1. The fourth-order valence-corrected chi connectivity index (χ4v) is 2.63. The van der Waals surface area contributed by atoms with Crippen LogP contribution in [0.25, 0.3) is 0 Å². The number of carboxylic acid groups (broad SMARTS) is 1. The summed E-state index contributed by atoms with van der Waals surface area (Å²) < 4.78 is 1.63. The Bertz CT molecular complexity index is 430. The van der Waals surface area contributed by atoms with Crippen LogP contribution in [-0.2, 0) is 13.6 Å². The highest BCUT2D eigenvalue weighted by Crippen LogP contribution is 2.43. The van der Waals surface area contributed by atoms with Gasteiger partial charge in [0.15, 0.2) is 0 Å². The molecule has 100 valence electrons. The van der Waals surface area contributed by atoms with Gasteiger partial charge in [-0.25, -0.2) is 4.79 Å². The summed E-state index contributed by atoms with van der Waals surface area (Å²) in [4.78, 5) is 11.0. The molecule has 2 rings (SSSR count). The highest BCUT2D eigenvalue weighted by molar-refractivity contribution is 5.88. The van der Waals surface area contributed by atoms with Crippen LogP contribution in [0.5, 0.6) is 0 Å². The average molecular weight is 251 g/mol. The van der Waals surface area contributed by atoms with Gasteiger partial charge in [-0.2, -0.15) is 5.10 Å². The predicted octanol–water partition coefficient (Wildman–Crippen LogP) is 1.79. The molecule has 5 nitrogen and oxygen atoms in total. The summed E-state index contributed by atoms with van der Waals surface area (Å²) in [6.07, 6.45) is 6.50. The molecule has 1 fully saturated rings. The van der Waals surface area contributed by atoms with Crippen molar-refractivity contribution in [2.75, 3.05) is 6.54 Å². The zero-order chi connectivity index (χ0) is 13.2. The van der Waals surface area contributed by atoms with Crippen molar-refractivity contribution in [3.63, 3.8) is 0 Å². The summed E-state index contributed by atoms with van der Waals surface area (Å²) in [6, 6.07) is 0. The SMILES string of the molecule is CCC1(CNCc2c(C(=O)O)cnn2C)CCC1. The number of nitrogens with one attached hydrogen (secondary N) is 1. The minimum atomic E-state index is -0.909. The Morgan fingerprint density at radius 3 is 2.83 bits per heavy atom. The molecule has 0 radical (unpaired) electrons. The molecule has 5 heteroatoms. The van der Waals surface area contributed by atoms with Gasteiger partial charge < -0.3 is 10.4 Å². The predicted molar refractivity (Wildman–Crippen MR) is 68.4 cm³/mol. The first-order valence-electron chi connectivity index (χ1n) is 6.53. The standard InChI is InChI=1S/C13H21N3O2/c1-3-13(5-4-6-13)9-14-8-11-10(12(17)18)7-15-16(11)2/h7,14H,3-6,8-9H2,1-2H3,(H,17,18). The Balaban J connectivity index is 1.94. The smallest absolute Gasteiger partial charge is 0.339 e. The van der Waals surface area contributed by atoms with Gasteiger partial charge >= 0.3 is 5.97 Å². The van der Waals surface area contributed by atoms with Crippen molar-refractivity contribution in [3.05, 3.63) is 17.5 Å². The number of aryl methyl sites for hydroxylation is 1. The van der Waals surface area contributed by atoms with E-state index in [4.69, 9.17) is 5.11 Å². The molecule has 0 unspecified atom stereocenters.